The summed E-state index contributed by atoms with van der Waals surface area (Å²) < 4.78 is 26.9. The second kappa shape index (κ2) is 6.33. The lowest BCUT2D eigenvalue weighted by molar-refractivity contribution is 0.470. The SMILES string of the molecule is CC(NC(C)c1ccccc1Cl)c1cc(F)ccc1F. The van der Waals surface area contributed by atoms with E-state index in [1.807, 2.05) is 31.2 Å². The minimum Gasteiger partial charge on any atom is -0.303 e. The van der Waals surface area contributed by atoms with Crippen molar-refractivity contribution in [2.24, 2.45) is 0 Å². The van der Waals surface area contributed by atoms with Gasteiger partial charge in [-0.05, 0) is 43.7 Å². The fraction of sp³-hybridized carbons (Fsp3) is 0.250. The van der Waals surface area contributed by atoms with Crippen molar-refractivity contribution in [3.8, 4) is 0 Å². The molecule has 0 spiro atoms. The van der Waals surface area contributed by atoms with Crippen molar-refractivity contribution >= 4 is 11.6 Å². The topological polar surface area (TPSA) is 12.0 Å². The largest absolute Gasteiger partial charge is 0.303 e. The average molecular weight is 296 g/mol. The van der Waals surface area contributed by atoms with Crippen LogP contribution in [-0.4, -0.2) is 0 Å². The Morgan fingerprint density at radius 1 is 0.950 bits per heavy atom. The molecule has 2 aromatic rings. The quantitative estimate of drug-likeness (QED) is 0.834. The number of hydrogen-bond acceptors (Lipinski definition) is 1. The maximum atomic E-state index is 13.7. The minimum absolute atomic E-state index is 0.0682. The minimum atomic E-state index is -0.444. The van der Waals surface area contributed by atoms with Crippen molar-refractivity contribution in [1.82, 2.24) is 5.32 Å². The molecule has 0 bridgehead atoms. The molecule has 0 amide bonds. The molecule has 1 N–H and O–H groups in total. The van der Waals surface area contributed by atoms with Gasteiger partial charge in [0.2, 0.25) is 0 Å². The van der Waals surface area contributed by atoms with Crippen molar-refractivity contribution in [3.05, 3.63) is 70.2 Å². The third-order valence-electron chi connectivity index (χ3n) is 3.30. The normalized spacial score (nSPS) is 14.1. The van der Waals surface area contributed by atoms with Crippen LogP contribution in [0.25, 0.3) is 0 Å². The van der Waals surface area contributed by atoms with Gasteiger partial charge in [-0.3, -0.25) is 0 Å². The molecule has 2 atom stereocenters. The summed E-state index contributed by atoms with van der Waals surface area (Å²) in [6.45, 7) is 3.74. The first-order valence-corrected chi connectivity index (χ1v) is 6.82. The zero-order valence-corrected chi connectivity index (χ0v) is 12.1. The van der Waals surface area contributed by atoms with Gasteiger partial charge in [-0.15, -0.1) is 0 Å². The average Bonchev–Trinajstić information content (AvgIpc) is 2.41. The van der Waals surface area contributed by atoms with Gasteiger partial charge in [-0.1, -0.05) is 29.8 Å². The fourth-order valence-corrected chi connectivity index (χ4v) is 2.53. The maximum absolute atomic E-state index is 13.7. The van der Waals surface area contributed by atoms with Gasteiger partial charge in [0, 0.05) is 22.7 Å². The molecule has 0 aromatic heterocycles. The highest BCUT2D eigenvalue weighted by atomic mass is 35.5. The lowest BCUT2D eigenvalue weighted by Crippen LogP contribution is -2.23. The third kappa shape index (κ3) is 3.35. The van der Waals surface area contributed by atoms with E-state index in [1.165, 1.54) is 6.07 Å². The van der Waals surface area contributed by atoms with Crippen LogP contribution in [0.3, 0.4) is 0 Å². The molecule has 2 unspecified atom stereocenters. The van der Waals surface area contributed by atoms with Gasteiger partial charge in [0.25, 0.3) is 0 Å². The highest BCUT2D eigenvalue weighted by Crippen LogP contribution is 2.26. The smallest absolute Gasteiger partial charge is 0.128 e. The molecular formula is C16H16ClF2N. The van der Waals surface area contributed by atoms with Crippen molar-refractivity contribution < 1.29 is 8.78 Å². The van der Waals surface area contributed by atoms with E-state index in [2.05, 4.69) is 5.32 Å². The lowest BCUT2D eigenvalue weighted by atomic mass is 10.0. The van der Waals surface area contributed by atoms with Gasteiger partial charge in [0.15, 0.2) is 0 Å². The molecule has 0 radical (unpaired) electrons. The number of halogens is 3. The molecule has 0 aliphatic heterocycles. The van der Waals surface area contributed by atoms with Crippen molar-refractivity contribution in [2.45, 2.75) is 25.9 Å². The summed E-state index contributed by atoms with van der Waals surface area (Å²) in [4.78, 5) is 0. The van der Waals surface area contributed by atoms with Crippen LogP contribution in [0.1, 0.15) is 37.1 Å². The lowest BCUT2D eigenvalue weighted by Gasteiger charge is -2.22. The zero-order chi connectivity index (χ0) is 14.7. The molecule has 0 saturated carbocycles. The molecule has 0 aliphatic rings. The van der Waals surface area contributed by atoms with E-state index in [0.29, 0.717) is 10.6 Å². The fourth-order valence-electron chi connectivity index (χ4n) is 2.23. The summed E-state index contributed by atoms with van der Waals surface area (Å²) in [5, 5.41) is 3.88. The van der Waals surface area contributed by atoms with Gasteiger partial charge < -0.3 is 5.32 Å². The highest BCUT2D eigenvalue weighted by Gasteiger charge is 2.16. The van der Waals surface area contributed by atoms with E-state index in [4.69, 9.17) is 11.6 Å². The van der Waals surface area contributed by atoms with E-state index in [-0.39, 0.29) is 12.1 Å². The first-order chi connectivity index (χ1) is 9.49. The summed E-state index contributed by atoms with van der Waals surface area (Å²) in [5.74, 6) is -0.863. The zero-order valence-electron chi connectivity index (χ0n) is 11.3. The molecule has 2 aromatic carbocycles. The van der Waals surface area contributed by atoms with Crippen LogP contribution in [0.4, 0.5) is 8.78 Å². The van der Waals surface area contributed by atoms with Crippen LogP contribution < -0.4 is 5.32 Å². The molecule has 0 heterocycles. The standard InChI is InChI=1S/C16H16ClF2N/c1-10(13-5-3-4-6-15(13)17)20-11(2)14-9-12(18)7-8-16(14)19/h3-11,20H,1-2H3. The van der Waals surface area contributed by atoms with Crippen molar-refractivity contribution in [1.29, 1.82) is 0 Å². The van der Waals surface area contributed by atoms with Crippen LogP contribution >= 0.6 is 11.6 Å². The van der Waals surface area contributed by atoms with Crippen molar-refractivity contribution in [2.75, 3.05) is 0 Å². The summed E-state index contributed by atoms with van der Waals surface area (Å²) in [5.41, 5.74) is 1.24. The predicted octanol–water partition coefficient (Wildman–Crippen LogP) is 5.03. The Labute approximate surface area is 122 Å². The molecule has 4 heteroatoms. The molecular weight excluding hydrogens is 280 g/mol. The molecule has 0 fully saturated rings. The summed E-state index contributed by atoms with van der Waals surface area (Å²) in [7, 11) is 0. The van der Waals surface area contributed by atoms with Crippen LogP contribution in [0.5, 0.6) is 0 Å². The molecule has 0 aliphatic carbocycles. The Kier molecular flexibility index (Phi) is 4.73. The Balaban J connectivity index is 2.17. The molecule has 106 valence electrons. The second-order valence-electron chi connectivity index (χ2n) is 4.80. The van der Waals surface area contributed by atoms with Crippen LogP contribution in [0, 0.1) is 11.6 Å². The van der Waals surface area contributed by atoms with Gasteiger partial charge in [0.1, 0.15) is 11.6 Å². The third-order valence-corrected chi connectivity index (χ3v) is 3.64. The summed E-state index contributed by atoms with van der Waals surface area (Å²) in [6.07, 6.45) is 0. The Morgan fingerprint density at radius 2 is 1.60 bits per heavy atom. The van der Waals surface area contributed by atoms with E-state index in [1.54, 1.807) is 6.92 Å². The van der Waals surface area contributed by atoms with E-state index >= 15 is 0 Å². The molecule has 0 saturated heterocycles. The summed E-state index contributed by atoms with van der Waals surface area (Å²) >= 11 is 6.13. The number of rotatable bonds is 4. The van der Waals surface area contributed by atoms with E-state index in [9.17, 15) is 8.78 Å². The van der Waals surface area contributed by atoms with Gasteiger partial charge in [-0.2, -0.15) is 0 Å². The molecule has 2 rings (SSSR count). The molecule has 20 heavy (non-hydrogen) atoms. The number of hydrogen-bond donors (Lipinski definition) is 1. The second-order valence-corrected chi connectivity index (χ2v) is 5.20. The first kappa shape index (κ1) is 14.9. The van der Waals surface area contributed by atoms with Crippen LogP contribution in [0.15, 0.2) is 42.5 Å². The van der Waals surface area contributed by atoms with Crippen molar-refractivity contribution in [3.63, 3.8) is 0 Å². The first-order valence-electron chi connectivity index (χ1n) is 6.44. The van der Waals surface area contributed by atoms with E-state index in [0.717, 1.165) is 17.7 Å². The Bertz CT molecular complexity index is 601. The van der Waals surface area contributed by atoms with Gasteiger partial charge >= 0.3 is 0 Å². The Hall–Kier alpha value is -1.45. The van der Waals surface area contributed by atoms with Crippen LogP contribution in [-0.2, 0) is 0 Å². The number of benzene rings is 2. The maximum Gasteiger partial charge on any atom is 0.128 e. The predicted molar refractivity (Wildman–Crippen MR) is 77.8 cm³/mol. The molecule has 1 nitrogen and oxygen atoms in total. The monoisotopic (exact) mass is 295 g/mol. The van der Waals surface area contributed by atoms with Crippen LogP contribution in [0.2, 0.25) is 5.02 Å². The van der Waals surface area contributed by atoms with Gasteiger partial charge in [0.05, 0.1) is 0 Å². The number of nitrogens with one attached hydrogen (secondary N) is 1. The summed E-state index contributed by atoms with van der Waals surface area (Å²) in [6, 6.07) is 10.6. The van der Waals surface area contributed by atoms with Gasteiger partial charge in [-0.25, -0.2) is 8.78 Å². The van der Waals surface area contributed by atoms with E-state index < -0.39 is 11.6 Å². The Morgan fingerprint density at radius 3 is 2.30 bits per heavy atom. The highest BCUT2D eigenvalue weighted by molar-refractivity contribution is 6.31.